The van der Waals surface area contributed by atoms with Crippen molar-refractivity contribution in [2.24, 2.45) is 5.92 Å². The van der Waals surface area contributed by atoms with Gasteiger partial charge in [0.05, 0.1) is 0 Å². The molecule has 0 saturated carbocycles. The Morgan fingerprint density at radius 1 is 1.44 bits per heavy atom. The summed E-state index contributed by atoms with van der Waals surface area (Å²) in [5, 5.41) is 4.07. The second-order valence-corrected chi connectivity index (χ2v) is 5.83. The molecule has 1 aliphatic heterocycles. The number of hydrogen-bond acceptors (Lipinski definition) is 4. The van der Waals surface area contributed by atoms with Crippen molar-refractivity contribution in [3.63, 3.8) is 0 Å². The van der Waals surface area contributed by atoms with Crippen LogP contribution < -0.4 is 0 Å². The zero-order valence-corrected chi connectivity index (χ0v) is 11.2. The highest BCUT2D eigenvalue weighted by atomic mass is 35.5. The molecule has 5 heteroatoms. The maximum Gasteiger partial charge on any atom is 0.138 e. The van der Waals surface area contributed by atoms with Gasteiger partial charge in [-0.2, -0.15) is 0 Å². The third kappa shape index (κ3) is 3.15. The number of aromatic nitrogens is 2. The van der Waals surface area contributed by atoms with Gasteiger partial charge in [-0.15, -0.1) is 5.10 Å². The van der Waals surface area contributed by atoms with E-state index in [4.69, 9.17) is 11.6 Å². The van der Waals surface area contributed by atoms with E-state index in [1.165, 1.54) is 50.3 Å². The van der Waals surface area contributed by atoms with E-state index in [1.807, 2.05) is 0 Å². The third-order valence-electron chi connectivity index (χ3n) is 3.40. The number of nitrogens with zero attached hydrogens (tertiary/aromatic N) is 3. The average molecular weight is 260 g/mol. The smallest absolute Gasteiger partial charge is 0.138 e. The quantitative estimate of drug-likeness (QED) is 0.835. The van der Waals surface area contributed by atoms with E-state index >= 15 is 0 Å². The van der Waals surface area contributed by atoms with Crippen molar-refractivity contribution < 1.29 is 0 Å². The van der Waals surface area contributed by atoms with Crippen LogP contribution in [0.2, 0.25) is 4.34 Å². The lowest BCUT2D eigenvalue weighted by atomic mass is 9.98. The Balaban J connectivity index is 1.89. The van der Waals surface area contributed by atoms with E-state index in [9.17, 15) is 0 Å². The van der Waals surface area contributed by atoms with Crippen LogP contribution in [0.5, 0.6) is 0 Å². The van der Waals surface area contributed by atoms with Crippen LogP contribution in [0, 0.1) is 5.92 Å². The predicted octanol–water partition coefficient (Wildman–Crippen LogP) is 3.20. The molecule has 1 aromatic heterocycles. The first-order valence-corrected chi connectivity index (χ1v) is 7.13. The Kier molecular flexibility index (Phi) is 4.55. The first-order valence-electron chi connectivity index (χ1n) is 5.98. The van der Waals surface area contributed by atoms with E-state index < -0.39 is 0 Å². The molecule has 2 heterocycles. The van der Waals surface area contributed by atoms with Crippen LogP contribution in [0.4, 0.5) is 0 Å². The molecule has 90 valence electrons. The van der Waals surface area contributed by atoms with E-state index in [1.54, 1.807) is 0 Å². The molecule has 0 aromatic carbocycles. The fourth-order valence-corrected chi connectivity index (χ4v) is 2.91. The highest BCUT2D eigenvalue weighted by Gasteiger charge is 2.17. The molecule has 0 aliphatic carbocycles. The van der Waals surface area contributed by atoms with Crippen molar-refractivity contribution in [2.45, 2.75) is 39.2 Å². The van der Waals surface area contributed by atoms with Crippen molar-refractivity contribution in [1.29, 1.82) is 0 Å². The Labute approximate surface area is 106 Å². The molecule has 1 aliphatic rings. The molecule has 1 atom stereocenters. The maximum atomic E-state index is 6.02. The zero-order valence-electron chi connectivity index (χ0n) is 9.65. The van der Waals surface area contributed by atoms with Gasteiger partial charge in [-0.25, -0.2) is 0 Å². The van der Waals surface area contributed by atoms with Gasteiger partial charge < -0.3 is 0 Å². The molecule has 0 amide bonds. The minimum Gasteiger partial charge on any atom is -0.297 e. The number of likely N-dealkylation sites (tertiary alicyclic amines) is 1. The summed E-state index contributed by atoms with van der Waals surface area (Å²) >= 11 is 7.30. The fourth-order valence-electron chi connectivity index (χ4n) is 2.29. The van der Waals surface area contributed by atoms with Crippen LogP contribution >= 0.6 is 23.1 Å². The largest absolute Gasteiger partial charge is 0.297 e. The third-order valence-corrected chi connectivity index (χ3v) is 4.38. The summed E-state index contributed by atoms with van der Waals surface area (Å²) in [5.41, 5.74) is 0.946. The molecular weight excluding hydrogens is 242 g/mol. The van der Waals surface area contributed by atoms with Crippen LogP contribution in [0.3, 0.4) is 0 Å². The number of halogens is 1. The van der Waals surface area contributed by atoms with Gasteiger partial charge in [0.15, 0.2) is 0 Å². The Hall–Kier alpha value is -0.190. The summed E-state index contributed by atoms with van der Waals surface area (Å²) in [7, 11) is 0. The predicted molar refractivity (Wildman–Crippen MR) is 67.8 cm³/mol. The summed E-state index contributed by atoms with van der Waals surface area (Å²) in [6.45, 7) is 5.50. The minimum atomic E-state index is 0.747. The molecular formula is C11H18ClN3S. The molecule has 0 radical (unpaired) electrons. The normalized spacial score (nSPS) is 23.2. The lowest BCUT2D eigenvalue weighted by molar-refractivity contribution is 0.269. The van der Waals surface area contributed by atoms with Crippen LogP contribution in [-0.4, -0.2) is 27.6 Å². The SMILES string of the molecule is CCC1CCCN(Cc2nnsc2Cl)CC1. The van der Waals surface area contributed by atoms with Crippen molar-refractivity contribution in [2.75, 3.05) is 13.1 Å². The van der Waals surface area contributed by atoms with E-state index in [0.29, 0.717) is 0 Å². The molecule has 0 bridgehead atoms. The van der Waals surface area contributed by atoms with Crippen molar-refractivity contribution in [3.8, 4) is 0 Å². The Bertz CT molecular complexity index is 329. The first-order chi connectivity index (χ1) is 7.79. The summed E-state index contributed by atoms with van der Waals surface area (Å²) in [6.07, 6.45) is 5.29. The molecule has 1 aromatic rings. The summed E-state index contributed by atoms with van der Waals surface area (Å²) < 4.78 is 4.62. The second-order valence-electron chi connectivity index (χ2n) is 4.47. The zero-order chi connectivity index (χ0) is 11.4. The van der Waals surface area contributed by atoms with Gasteiger partial charge in [-0.3, -0.25) is 4.90 Å². The monoisotopic (exact) mass is 259 g/mol. The van der Waals surface area contributed by atoms with Gasteiger partial charge >= 0.3 is 0 Å². The molecule has 16 heavy (non-hydrogen) atoms. The topological polar surface area (TPSA) is 29.0 Å². The summed E-state index contributed by atoms with van der Waals surface area (Å²) in [6, 6.07) is 0. The highest BCUT2D eigenvalue weighted by molar-refractivity contribution is 7.10. The van der Waals surface area contributed by atoms with Crippen LogP contribution in [-0.2, 0) is 6.54 Å². The number of hydrogen-bond donors (Lipinski definition) is 0. The van der Waals surface area contributed by atoms with E-state index in [2.05, 4.69) is 21.4 Å². The van der Waals surface area contributed by atoms with Crippen LogP contribution in [0.15, 0.2) is 0 Å². The average Bonchev–Trinajstić information content (AvgIpc) is 2.56. The van der Waals surface area contributed by atoms with Gasteiger partial charge in [0.2, 0.25) is 0 Å². The van der Waals surface area contributed by atoms with Gasteiger partial charge in [-0.1, -0.05) is 29.4 Å². The molecule has 2 rings (SSSR count). The summed E-state index contributed by atoms with van der Waals surface area (Å²) in [4.78, 5) is 2.46. The first kappa shape index (κ1) is 12.3. The van der Waals surface area contributed by atoms with Crippen molar-refractivity contribution in [3.05, 3.63) is 10.0 Å². The fraction of sp³-hybridized carbons (Fsp3) is 0.818. The minimum absolute atomic E-state index is 0.747. The van der Waals surface area contributed by atoms with E-state index in [0.717, 1.165) is 22.5 Å². The maximum absolute atomic E-state index is 6.02. The molecule has 1 fully saturated rings. The molecule has 1 saturated heterocycles. The molecule has 3 nitrogen and oxygen atoms in total. The van der Waals surface area contributed by atoms with E-state index in [-0.39, 0.29) is 0 Å². The lowest BCUT2D eigenvalue weighted by Gasteiger charge is -2.18. The Morgan fingerprint density at radius 2 is 2.31 bits per heavy atom. The van der Waals surface area contributed by atoms with Crippen molar-refractivity contribution >= 4 is 23.1 Å². The van der Waals surface area contributed by atoms with Gasteiger partial charge in [0.25, 0.3) is 0 Å². The second kappa shape index (κ2) is 5.94. The molecule has 0 N–H and O–H groups in total. The van der Waals surface area contributed by atoms with Crippen LogP contribution in [0.1, 0.15) is 38.3 Å². The number of rotatable bonds is 3. The highest BCUT2D eigenvalue weighted by Crippen LogP contribution is 2.23. The van der Waals surface area contributed by atoms with Crippen LogP contribution in [0.25, 0.3) is 0 Å². The standard InChI is InChI=1S/C11H18ClN3S/c1-2-9-4-3-6-15(7-5-9)8-10-11(12)16-14-13-10/h9H,2-8H2,1H3. The lowest BCUT2D eigenvalue weighted by Crippen LogP contribution is -2.24. The van der Waals surface area contributed by atoms with Gasteiger partial charge in [0, 0.05) is 18.1 Å². The molecule has 1 unspecified atom stereocenters. The summed E-state index contributed by atoms with van der Waals surface area (Å²) in [5.74, 6) is 0.911. The van der Waals surface area contributed by atoms with Gasteiger partial charge in [0.1, 0.15) is 10.0 Å². The van der Waals surface area contributed by atoms with Crippen molar-refractivity contribution in [1.82, 2.24) is 14.5 Å². The Morgan fingerprint density at radius 3 is 3.00 bits per heavy atom. The van der Waals surface area contributed by atoms with Gasteiger partial charge in [-0.05, 0) is 38.3 Å². The molecule has 0 spiro atoms.